The molecular weight excluding hydrogens is 389 g/mol. The first-order chi connectivity index (χ1) is 14.1. The number of benzene rings is 2. The number of rotatable bonds is 4. The third kappa shape index (κ3) is 4.32. The minimum Gasteiger partial charge on any atom is -0.496 e. The van der Waals surface area contributed by atoms with Crippen LogP contribution in [0, 0.1) is 5.82 Å². The van der Waals surface area contributed by atoms with Crippen LogP contribution in [0.3, 0.4) is 0 Å². The van der Waals surface area contributed by atoms with E-state index in [9.17, 15) is 18.8 Å². The number of H-pyrrole nitrogens is 1. The summed E-state index contributed by atoms with van der Waals surface area (Å²) in [6.07, 6.45) is 1.34. The van der Waals surface area contributed by atoms with Crippen LogP contribution in [0.25, 0.3) is 5.69 Å². The zero-order valence-corrected chi connectivity index (χ0v) is 17.1. The molecule has 0 radical (unpaired) electrons. The number of aromatic amines is 1. The number of halogens is 1. The lowest BCUT2D eigenvalue weighted by atomic mass is 9.84. The molecule has 0 aliphatic heterocycles. The first-order valence-electron chi connectivity index (χ1n) is 9.22. The Morgan fingerprint density at radius 3 is 2.33 bits per heavy atom. The summed E-state index contributed by atoms with van der Waals surface area (Å²) in [5.41, 5.74) is 0.135. The van der Waals surface area contributed by atoms with Gasteiger partial charge in [0.15, 0.2) is 0 Å². The molecule has 3 aromatic rings. The fourth-order valence-corrected chi connectivity index (χ4v) is 3.05. The molecule has 156 valence electrons. The lowest BCUT2D eigenvalue weighted by Crippen LogP contribution is -2.28. The molecule has 8 heteroatoms. The predicted molar refractivity (Wildman–Crippen MR) is 112 cm³/mol. The van der Waals surface area contributed by atoms with E-state index in [0.29, 0.717) is 22.7 Å². The van der Waals surface area contributed by atoms with Crippen LogP contribution >= 0.6 is 0 Å². The molecule has 0 fully saturated rings. The Morgan fingerprint density at radius 1 is 1.10 bits per heavy atom. The molecule has 30 heavy (non-hydrogen) atoms. The smallest absolute Gasteiger partial charge is 0.332 e. The van der Waals surface area contributed by atoms with E-state index >= 15 is 0 Å². The lowest BCUT2D eigenvalue weighted by molar-refractivity contribution is 0.102. The molecule has 0 spiro atoms. The van der Waals surface area contributed by atoms with Gasteiger partial charge in [-0.2, -0.15) is 0 Å². The predicted octanol–water partition coefficient (Wildman–Crippen LogP) is 3.22. The molecule has 0 bridgehead atoms. The summed E-state index contributed by atoms with van der Waals surface area (Å²) in [5.74, 6) is -0.536. The Kier molecular flexibility index (Phi) is 5.60. The van der Waals surface area contributed by atoms with Gasteiger partial charge in [-0.05, 0) is 41.8 Å². The number of nitrogens with one attached hydrogen (secondary N) is 2. The third-order valence-corrected chi connectivity index (χ3v) is 4.53. The SMILES string of the molecule is COc1c(C(=O)Nc2ccc(F)cc2)cc(-n2ccc(=O)[nH]c2=O)cc1C(C)(C)C. The zero-order chi connectivity index (χ0) is 22.1. The Balaban J connectivity index is 2.19. The summed E-state index contributed by atoms with van der Waals surface area (Å²) < 4.78 is 20.0. The van der Waals surface area contributed by atoms with E-state index < -0.39 is 28.4 Å². The van der Waals surface area contributed by atoms with Crippen molar-refractivity contribution in [3.63, 3.8) is 0 Å². The minimum absolute atomic E-state index is 0.197. The van der Waals surface area contributed by atoms with E-state index in [0.717, 1.165) is 0 Å². The largest absolute Gasteiger partial charge is 0.496 e. The number of anilines is 1. The molecule has 0 saturated carbocycles. The highest BCUT2D eigenvalue weighted by Gasteiger charge is 2.26. The standard InChI is InChI=1S/C22H22FN3O4/c1-22(2,3)17-12-15(26-10-9-18(27)25-21(26)29)11-16(19(17)30-4)20(28)24-14-7-5-13(23)6-8-14/h5-12H,1-4H3,(H,24,28)(H,25,27,29). The molecule has 1 heterocycles. The van der Waals surface area contributed by atoms with Crippen molar-refractivity contribution in [2.24, 2.45) is 0 Å². The van der Waals surface area contributed by atoms with Gasteiger partial charge in [-0.1, -0.05) is 20.8 Å². The second-order valence-electron chi connectivity index (χ2n) is 7.77. The highest BCUT2D eigenvalue weighted by molar-refractivity contribution is 6.07. The average molecular weight is 411 g/mol. The fourth-order valence-electron chi connectivity index (χ4n) is 3.05. The quantitative estimate of drug-likeness (QED) is 0.689. The van der Waals surface area contributed by atoms with Crippen LogP contribution in [0.4, 0.5) is 10.1 Å². The van der Waals surface area contributed by atoms with Gasteiger partial charge in [-0.25, -0.2) is 9.18 Å². The Hall–Kier alpha value is -3.68. The summed E-state index contributed by atoms with van der Waals surface area (Å²) in [4.78, 5) is 39.0. The van der Waals surface area contributed by atoms with Gasteiger partial charge in [0, 0.05) is 23.5 Å². The molecule has 0 aliphatic carbocycles. The summed E-state index contributed by atoms with van der Waals surface area (Å²) in [6.45, 7) is 5.85. The normalized spacial score (nSPS) is 11.2. The number of aromatic nitrogens is 2. The van der Waals surface area contributed by atoms with E-state index in [1.165, 1.54) is 54.3 Å². The van der Waals surface area contributed by atoms with E-state index in [1.54, 1.807) is 6.07 Å². The van der Waals surface area contributed by atoms with Crippen molar-refractivity contribution >= 4 is 11.6 Å². The third-order valence-electron chi connectivity index (χ3n) is 4.53. The maximum Gasteiger partial charge on any atom is 0.332 e. The molecule has 1 amide bonds. The number of hydrogen-bond acceptors (Lipinski definition) is 4. The maximum atomic E-state index is 13.2. The van der Waals surface area contributed by atoms with Crippen LogP contribution in [0.5, 0.6) is 5.75 Å². The average Bonchev–Trinajstić information content (AvgIpc) is 2.68. The van der Waals surface area contributed by atoms with Crippen molar-refractivity contribution in [3.05, 3.63) is 86.4 Å². The van der Waals surface area contributed by atoms with Crippen LogP contribution < -0.4 is 21.3 Å². The van der Waals surface area contributed by atoms with Crippen molar-refractivity contribution < 1.29 is 13.9 Å². The van der Waals surface area contributed by atoms with Gasteiger partial charge in [-0.15, -0.1) is 0 Å². The second kappa shape index (κ2) is 7.98. The summed E-state index contributed by atoms with van der Waals surface area (Å²) >= 11 is 0. The van der Waals surface area contributed by atoms with Crippen LogP contribution in [-0.2, 0) is 5.41 Å². The van der Waals surface area contributed by atoms with Crippen molar-refractivity contribution in [2.75, 3.05) is 12.4 Å². The number of nitrogens with zero attached hydrogens (tertiary/aromatic N) is 1. The van der Waals surface area contributed by atoms with Gasteiger partial charge < -0.3 is 10.1 Å². The Bertz CT molecular complexity index is 1200. The highest BCUT2D eigenvalue weighted by Crippen LogP contribution is 2.36. The maximum absolute atomic E-state index is 13.2. The number of hydrogen-bond donors (Lipinski definition) is 2. The first kappa shape index (κ1) is 21.0. The van der Waals surface area contributed by atoms with Crippen molar-refractivity contribution in [3.8, 4) is 11.4 Å². The highest BCUT2D eigenvalue weighted by atomic mass is 19.1. The van der Waals surface area contributed by atoms with E-state index in [2.05, 4.69) is 10.3 Å². The van der Waals surface area contributed by atoms with Gasteiger partial charge in [0.1, 0.15) is 11.6 Å². The molecule has 0 atom stereocenters. The summed E-state index contributed by atoms with van der Waals surface area (Å²) in [5, 5.41) is 2.71. The number of ether oxygens (including phenoxy) is 1. The molecular formula is C22H22FN3O4. The van der Waals surface area contributed by atoms with Gasteiger partial charge in [0.2, 0.25) is 0 Å². The number of amides is 1. The topological polar surface area (TPSA) is 93.2 Å². The van der Waals surface area contributed by atoms with E-state index in [4.69, 9.17) is 4.74 Å². The Labute approximate surface area is 172 Å². The summed E-state index contributed by atoms with van der Waals surface area (Å²) in [6, 6.07) is 9.84. The molecule has 1 aromatic heterocycles. The van der Waals surface area contributed by atoms with Crippen molar-refractivity contribution in [1.29, 1.82) is 0 Å². The molecule has 2 N–H and O–H groups in total. The molecule has 0 unspecified atom stereocenters. The Morgan fingerprint density at radius 2 is 1.77 bits per heavy atom. The van der Waals surface area contributed by atoms with E-state index in [1.807, 2.05) is 20.8 Å². The van der Waals surface area contributed by atoms with Crippen LogP contribution in [0.2, 0.25) is 0 Å². The molecule has 0 aliphatic rings. The molecule has 0 saturated heterocycles. The van der Waals surface area contributed by atoms with E-state index in [-0.39, 0.29) is 5.56 Å². The molecule has 7 nitrogen and oxygen atoms in total. The molecule has 3 rings (SSSR count). The van der Waals surface area contributed by atoms with Gasteiger partial charge in [0.05, 0.1) is 18.4 Å². The van der Waals surface area contributed by atoms with Crippen LogP contribution in [-0.4, -0.2) is 22.6 Å². The van der Waals surface area contributed by atoms with Crippen LogP contribution in [0.15, 0.2) is 58.3 Å². The van der Waals surface area contributed by atoms with Crippen molar-refractivity contribution in [2.45, 2.75) is 26.2 Å². The fraction of sp³-hybridized carbons (Fsp3) is 0.227. The zero-order valence-electron chi connectivity index (χ0n) is 17.1. The minimum atomic E-state index is -0.627. The second-order valence-corrected chi connectivity index (χ2v) is 7.77. The first-order valence-corrected chi connectivity index (χ1v) is 9.22. The monoisotopic (exact) mass is 411 g/mol. The van der Waals surface area contributed by atoms with Crippen molar-refractivity contribution in [1.82, 2.24) is 9.55 Å². The van der Waals surface area contributed by atoms with Gasteiger partial charge in [-0.3, -0.25) is 19.1 Å². The van der Waals surface area contributed by atoms with Gasteiger partial charge in [0.25, 0.3) is 11.5 Å². The number of methoxy groups -OCH3 is 1. The number of carbonyl (C=O) groups excluding carboxylic acids is 1. The molecule has 2 aromatic carbocycles. The summed E-state index contributed by atoms with van der Waals surface area (Å²) in [7, 11) is 1.46. The lowest BCUT2D eigenvalue weighted by Gasteiger charge is -2.25. The number of carbonyl (C=O) groups is 1. The van der Waals surface area contributed by atoms with Crippen LogP contribution in [0.1, 0.15) is 36.7 Å². The van der Waals surface area contributed by atoms with Gasteiger partial charge >= 0.3 is 5.69 Å².